The second-order valence-electron chi connectivity index (χ2n) is 7.67. The summed E-state index contributed by atoms with van der Waals surface area (Å²) in [6, 6.07) is 12.7. The number of carbonyl (C=O) groups excluding carboxylic acids is 2. The molecule has 2 aliphatic rings. The highest BCUT2D eigenvalue weighted by molar-refractivity contribution is 6.12. The number of likely N-dealkylation sites (tertiary alicyclic amines) is 1. The van der Waals surface area contributed by atoms with E-state index in [1.807, 2.05) is 24.3 Å². The maximum Gasteiger partial charge on any atom is 0.257 e. The van der Waals surface area contributed by atoms with Gasteiger partial charge in [0.1, 0.15) is 0 Å². The van der Waals surface area contributed by atoms with Crippen LogP contribution in [0.4, 0.5) is 17.1 Å². The molecule has 0 radical (unpaired) electrons. The SMILES string of the molecule is CC1CCN(CCNC(=O)c2ccc3c(c2)NC(=O)c2ccccc2N3)CC1. The highest BCUT2D eigenvalue weighted by Gasteiger charge is 2.20. The minimum Gasteiger partial charge on any atom is -0.353 e. The van der Waals surface area contributed by atoms with Crippen molar-refractivity contribution in [3.8, 4) is 0 Å². The van der Waals surface area contributed by atoms with Crippen molar-refractivity contribution in [2.75, 3.05) is 36.8 Å². The van der Waals surface area contributed by atoms with Gasteiger partial charge in [-0.15, -0.1) is 0 Å². The summed E-state index contributed by atoms with van der Waals surface area (Å²) in [6.45, 7) is 6.00. The lowest BCUT2D eigenvalue weighted by atomic mass is 9.99. The molecule has 1 fully saturated rings. The van der Waals surface area contributed by atoms with E-state index < -0.39 is 0 Å². The summed E-state index contributed by atoms with van der Waals surface area (Å²) in [6.07, 6.45) is 2.46. The number of rotatable bonds is 4. The molecule has 2 amide bonds. The molecule has 2 aliphatic heterocycles. The summed E-state index contributed by atoms with van der Waals surface area (Å²) in [5.74, 6) is 0.503. The third-order valence-electron chi connectivity index (χ3n) is 5.56. The number of nitrogens with zero attached hydrogens (tertiary/aromatic N) is 1. The molecule has 1 saturated heterocycles. The Morgan fingerprint density at radius 1 is 1.07 bits per heavy atom. The zero-order chi connectivity index (χ0) is 19.5. The molecule has 2 aromatic rings. The first kappa shape index (κ1) is 18.5. The minimum absolute atomic E-state index is 0.121. The van der Waals surface area contributed by atoms with Crippen molar-refractivity contribution >= 4 is 28.9 Å². The molecular formula is C22H26N4O2. The highest BCUT2D eigenvalue weighted by atomic mass is 16.2. The number of piperidine rings is 1. The van der Waals surface area contributed by atoms with E-state index in [0.29, 0.717) is 23.4 Å². The molecule has 0 atom stereocenters. The van der Waals surface area contributed by atoms with E-state index in [2.05, 4.69) is 27.8 Å². The standard InChI is InChI=1S/C22H26N4O2/c1-15-8-11-26(12-9-15)13-10-23-21(27)16-6-7-19-20(14-16)25-22(28)17-4-2-3-5-18(17)24-19/h2-7,14-15,24H,8-13H2,1H3,(H,23,27)(H,25,28). The third kappa shape index (κ3) is 4.02. The van der Waals surface area contributed by atoms with E-state index in [1.54, 1.807) is 18.2 Å². The van der Waals surface area contributed by atoms with E-state index in [-0.39, 0.29) is 11.8 Å². The largest absolute Gasteiger partial charge is 0.353 e. The predicted molar refractivity (Wildman–Crippen MR) is 111 cm³/mol. The zero-order valence-electron chi connectivity index (χ0n) is 16.1. The number of nitrogens with one attached hydrogen (secondary N) is 3. The van der Waals surface area contributed by atoms with Crippen molar-refractivity contribution in [3.05, 3.63) is 53.6 Å². The van der Waals surface area contributed by atoms with Crippen molar-refractivity contribution in [2.24, 2.45) is 5.92 Å². The van der Waals surface area contributed by atoms with Crippen LogP contribution in [-0.4, -0.2) is 42.9 Å². The molecule has 2 heterocycles. The molecule has 0 bridgehead atoms. The molecule has 3 N–H and O–H groups in total. The first-order valence-corrected chi connectivity index (χ1v) is 9.92. The van der Waals surface area contributed by atoms with Gasteiger partial charge in [0, 0.05) is 18.7 Å². The average Bonchev–Trinajstić information content (AvgIpc) is 2.84. The van der Waals surface area contributed by atoms with Gasteiger partial charge in [-0.05, 0) is 62.2 Å². The smallest absolute Gasteiger partial charge is 0.257 e. The van der Waals surface area contributed by atoms with Crippen LogP contribution in [0, 0.1) is 5.92 Å². The van der Waals surface area contributed by atoms with Gasteiger partial charge in [0.2, 0.25) is 0 Å². The van der Waals surface area contributed by atoms with Gasteiger partial charge < -0.3 is 20.9 Å². The Balaban J connectivity index is 1.39. The van der Waals surface area contributed by atoms with Crippen LogP contribution in [0.5, 0.6) is 0 Å². The molecule has 2 aromatic carbocycles. The first-order chi connectivity index (χ1) is 13.6. The van der Waals surface area contributed by atoms with E-state index in [0.717, 1.165) is 36.9 Å². The quantitative estimate of drug-likeness (QED) is 0.762. The Hall–Kier alpha value is -2.86. The fourth-order valence-corrected chi connectivity index (χ4v) is 3.74. The highest BCUT2D eigenvalue weighted by Crippen LogP contribution is 2.32. The van der Waals surface area contributed by atoms with Crippen LogP contribution in [-0.2, 0) is 0 Å². The van der Waals surface area contributed by atoms with Gasteiger partial charge in [0.25, 0.3) is 11.8 Å². The van der Waals surface area contributed by atoms with Gasteiger partial charge in [-0.3, -0.25) is 9.59 Å². The van der Waals surface area contributed by atoms with E-state index in [1.165, 1.54) is 12.8 Å². The fourth-order valence-electron chi connectivity index (χ4n) is 3.74. The molecule has 6 heteroatoms. The van der Waals surface area contributed by atoms with Gasteiger partial charge in [0.05, 0.1) is 22.6 Å². The molecule has 0 spiro atoms. The molecular weight excluding hydrogens is 352 g/mol. The number of benzene rings is 2. The molecule has 4 rings (SSSR count). The predicted octanol–water partition coefficient (Wildman–Crippen LogP) is 3.46. The topological polar surface area (TPSA) is 73.5 Å². The lowest BCUT2D eigenvalue weighted by Gasteiger charge is -2.30. The Labute approximate surface area is 165 Å². The number of carbonyl (C=O) groups is 2. The Kier molecular flexibility index (Phi) is 5.30. The summed E-state index contributed by atoms with van der Waals surface area (Å²) in [5, 5.41) is 9.16. The summed E-state index contributed by atoms with van der Waals surface area (Å²) in [4.78, 5) is 27.4. The van der Waals surface area contributed by atoms with Gasteiger partial charge in [-0.2, -0.15) is 0 Å². The maximum atomic E-state index is 12.5. The normalized spacial score (nSPS) is 17.0. The monoisotopic (exact) mass is 378 g/mol. The average molecular weight is 378 g/mol. The van der Waals surface area contributed by atoms with Gasteiger partial charge in [-0.25, -0.2) is 0 Å². The first-order valence-electron chi connectivity index (χ1n) is 9.92. The maximum absolute atomic E-state index is 12.5. The second-order valence-corrected chi connectivity index (χ2v) is 7.67. The van der Waals surface area contributed by atoms with Crippen molar-refractivity contribution in [1.82, 2.24) is 10.2 Å². The van der Waals surface area contributed by atoms with E-state index in [4.69, 9.17) is 0 Å². The van der Waals surface area contributed by atoms with Gasteiger partial charge in [0.15, 0.2) is 0 Å². The number of amides is 2. The number of fused-ring (bicyclic) bond motifs is 2. The van der Waals surface area contributed by atoms with Crippen molar-refractivity contribution in [3.63, 3.8) is 0 Å². The van der Waals surface area contributed by atoms with Crippen LogP contribution in [0.15, 0.2) is 42.5 Å². The van der Waals surface area contributed by atoms with Gasteiger partial charge >= 0.3 is 0 Å². The summed E-state index contributed by atoms with van der Waals surface area (Å²) >= 11 is 0. The van der Waals surface area contributed by atoms with Crippen molar-refractivity contribution < 1.29 is 9.59 Å². The van der Waals surface area contributed by atoms with E-state index >= 15 is 0 Å². The van der Waals surface area contributed by atoms with Crippen LogP contribution < -0.4 is 16.0 Å². The number of para-hydroxylation sites is 1. The summed E-state index contributed by atoms with van der Waals surface area (Å²) < 4.78 is 0. The molecule has 0 unspecified atom stereocenters. The molecule has 0 aromatic heterocycles. The van der Waals surface area contributed by atoms with Gasteiger partial charge in [-0.1, -0.05) is 19.1 Å². The van der Waals surface area contributed by atoms with Crippen LogP contribution in [0.25, 0.3) is 0 Å². The van der Waals surface area contributed by atoms with Crippen LogP contribution in [0.1, 0.15) is 40.5 Å². The number of hydrogen-bond donors (Lipinski definition) is 3. The Morgan fingerprint density at radius 2 is 1.86 bits per heavy atom. The lowest BCUT2D eigenvalue weighted by Crippen LogP contribution is -2.39. The zero-order valence-corrected chi connectivity index (χ0v) is 16.1. The second kappa shape index (κ2) is 8.02. The van der Waals surface area contributed by atoms with E-state index in [9.17, 15) is 9.59 Å². The molecule has 28 heavy (non-hydrogen) atoms. The minimum atomic E-state index is -0.182. The molecule has 6 nitrogen and oxygen atoms in total. The fraction of sp³-hybridized carbons (Fsp3) is 0.364. The molecule has 0 saturated carbocycles. The van der Waals surface area contributed by atoms with Crippen molar-refractivity contribution in [2.45, 2.75) is 19.8 Å². The summed E-state index contributed by atoms with van der Waals surface area (Å²) in [5.41, 5.74) is 3.27. The molecule has 146 valence electrons. The number of hydrogen-bond acceptors (Lipinski definition) is 4. The van der Waals surface area contributed by atoms with Crippen molar-refractivity contribution in [1.29, 1.82) is 0 Å². The Bertz CT molecular complexity index is 888. The number of anilines is 3. The van der Waals surface area contributed by atoms with Crippen LogP contribution in [0.3, 0.4) is 0 Å². The molecule has 0 aliphatic carbocycles. The van der Waals surface area contributed by atoms with Crippen LogP contribution >= 0.6 is 0 Å². The lowest BCUT2D eigenvalue weighted by molar-refractivity contribution is 0.0943. The van der Waals surface area contributed by atoms with Crippen LogP contribution in [0.2, 0.25) is 0 Å². The third-order valence-corrected chi connectivity index (χ3v) is 5.56. The Morgan fingerprint density at radius 3 is 2.68 bits per heavy atom. The summed E-state index contributed by atoms with van der Waals surface area (Å²) in [7, 11) is 0.